The van der Waals surface area contributed by atoms with Gasteiger partial charge in [0.2, 0.25) is 10.0 Å². The molecule has 0 heterocycles. The van der Waals surface area contributed by atoms with Gasteiger partial charge >= 0.3 is 5.97 Å². The molecular formula is C8H14N2O4S. The first kappa shape index (κ1) is 13.9. The number of sulfonamides is 1. The van der Waals surface area contributed by atoms with Crippen LogP contribution >= 0.6 is 0 Å². The zero-order valence-corrected chi connectivity index (χ0v) is 9.67. The minimum absolute atomic E-state index is 0.337. The Morgan fingerprint density at radius 2 is 2.13 bits per heavy atom. The second-order valence-electron chi connectivity index (χ2n) is 2.92. The van der Waals surface area contributed by atoms with Crippen molar-refractivity contribution in [3.05, 3.63) is 0 Å². The number of hydrogen-bond donors (Lipinski definition) is 1. The summed E-state index contributed by atoms with van der Waals surface area (Å²) in [5.74, 6) is -0.852. The summed E-state index contributed by atoms with van der Waals surface area (Å²) in [6.45, 7) is 2.87. The second kappa shape index (κ2) is 5.68. The van der Waals surface area contributed by atoms with Crippen molar-refractivity contribution in [1.82, 2.24) is 4.72 Å². The van der Waals surface area contributed by atoms with Crippen LogP contribution in [0.5, 0.6) is 0 Å². The maximum Gasteiger partial charge on any atom is 0.325 e. The predicted molar refractivity (Wildman–Crippen MR) is 53.2 cm³/mol. The van der Waals surface area contributed by atoms with Gasteiger partial charge < -0.3 is 4.74 Å². The van der Waals surface area contributed by atoms with Crippen LogP contribution in [0.3, 0.4) is 0 Å². The average Bonchev–Trinajstić information content (AvgIpc) is 2.23. The SMILES string of the molecule is CCC(C#N)NS(=O)(=O)C(C)C(=O)OC. The van der Waals surface area contributed by atoms with E-state index in [-0.39, 0.29) is 0 Å². The summed E-state index contributed by atoms with van der Waals surface area (Å²) in [5.41, 5.74) is 0. The van der Waals surface area contributed by atoms with E-state index < -0.39 is 27.3 Å². The van der Waals surface area contributed by atoms with Gasteiger partial charge in [-0.2, -0.15) is 9.98 Å². The van der Waals surface area contributed by atoms with Crippen LogP contribution in [0.1, 0.15) is 20.3 Å². The highest BCUT2D eigenvalue weighted by atomic mass is 32.2. The molecule has 0 aromatic heterocycles. The first-order valence-corrected chi connectivity index (χ1v) is 5.92. The van der Waals surface area contributed by atoms with Crippen LogP contribution in [0.4, 0.5) is 0 Å². The molecule has 0 saturated heterocycles. The van der Waals surface area contributed by atoms with E-state index in [0.29, 0.717) is 6.42 Å². The maximum absolute atomic E-state index is 11.5. The minimum atomic E-state index is -3.84. The van der Waals surface area contributed by atoms with Crippen LogP contribution in [0.2, 0.25) is 0 Å². The fraction of sp³-hybridized carbons (Fsp3) is 0.750. The van der Waals surface area contributed by atoms with E-state index >= 15 is 0 Å². The number of methoxy groups -OCH3 is 1. The van der Waals surface area contributed by atoms with E-state index in [1.54, 1.807) is 13.0 Å². The average molecular weight is 234 g/mol. The third-order valence-electron chi connectivity index (χ3n) is 1.87. The van der Waals surface area contributed by atoms with Gasteiger partial charge in [0.05, 0.1) is 13.2 Å². The molecule has 2 atom stereocenters. The van der Waals surface area contributed by atoms with E-state index in [1.165, 1.54) is 6.92 Å². The second-order valence-corrected chi connectivity index (χ2v) is 4.95. The van der Waals surface area contributed by atoms with E-state index in [0.717, 1.165) is 7.11 Å². The normalized spacial score (nSPS) is 15.1. The summed E-state index contributed by atoms with van der Waals surface area (Å²) in [5, 5.41) is 7.26. The van der Waals surface area contributed by atoms with Crippen LogP contribution in [-0.4, -0.2) is 32.8 Å². The summed E-state index contributed by atoms with van der Waals surface area (Å²) >= 11 is 0. The Balaban J connectivity index is 4.71. The molecule has 0 amide bonds. The molecule has 0 aromatic rings. The molecular weight excluding hydrogens is 220 g/mol. The number of esters is 1. The number of nitrogens with one attached hydrogen (secondary N) is 1. The fourth-order valence-corrected chi connectivity index (χ4v) is 1.96. The standard InChI is InChI=1S/C8H14N2O4S/c1-4-7(5-9)10-15(12,13)6(2)8(11)14-3/h6-7,10H,4H2,1-3H3. The number of carbonyl (C=O) groups is 1. The first-order chi connectivity index (χ1) is 6.88. The third-order valence-corrected chi connectivity index (χ3v) is 3.61. The van der Waals surface area contributed by atoms with Crippen LogP contribution in [0, 0.1) is 11.3 Å². The molecule has 0 radical (unpaired) electrons. The Morgan fingerprint density at radius 1 is 1.60 bits per heavy atom. The molecule has 0 rings (SSSR count). The van der Waals surface area contributed by atoms with Gasteiger partial charge in [0.25, 0.3) is 0 Å². The summed E-state index contributed by atoms with van der Waals surface area (Å²) in [4.78, 5) is 11.0. The fourth-order valence-electron chi connectivity index (χ4n) is 0.794. The highest BCUT2D eigenvalue weighted by molar-refractivity contribution is 7.90. The molecule has 0 aliphatic heterocycles. The molecule has 6 nitrogen and oxygen atoms in total. The molecule has 0 spiro atoms. The van der Waals surface area contributed by atoms with E-state index in [4.69, 9.17) is 5.26 Å². The van der Waals surface area contributed by atoms with Crippen molar-refractivity contribution in [2.75, 3.05) is 7.11 Å². The van der Waals surface area contributed by atoms with Gasteiger partial charge in [-0.3, -0.25) is 4.79 Å². The monoisotopic (exact) mass is 234 g/mol. The van der Waals surface area contributed by atoms with Crippen molar-refractivity contribution in [1.29, 1.82) is 5.26 Å². The number of ether oxygens (including phenoxy) is 1. The van der Waals surface area contributed by atoms with Crippen LogP contribution in [0.25, 0.3) is 0 Å². The van der Waals surface area contributed by atoms with Crippen molar-refractivity contribution >= 4 is 16.0 Å². The van der Waals surface area contributed by atoms with Gasteiger partial charge in [-0.15, -0.1) is 0 Å². The van der Waals surface area contributed by atoms with Crippen molar-refractivity contribution in [2.45, 2.75) is 31.6 Å². The summed E-state index contributed by atoms with van der Waals surface area (Å²) in [6.07, 6.45) is 0.337. The highest BCUT2D eigenvalue weighted by Crippen LogP contribution is 2.03. The van der Waals surface area contributed by atoms with Gasteiger partial charge in [-0.25, -0.2) is 8.42 Å². The van der Waals surface area contributed by atoms with Crippen molar-refractivity contribution < 1.29 is 17.9 Å². The number of nitriles is 1. The largest absolute Gasteiger partial charge is 0.468 e. The van der Waals surface area contributed by atoms with Gasteiger partial charge in [0, 0.05) is 0 Å². The lowest BCUT2D eigenvalue weighted by atomic mass is 10.3. The topological polar surface area (TPSA) is 96.3 Å². The summed E-state index contributed by atoms with van der Waals surface area (Å²) in [6, 6.07) is 0.960. The molecule has 0 aliphatic carbocycles. The van der Waals surface area contributed by atoms with Crippen molar-refractivity contribution in [3.8, 4) is 6.07 Å². The molecule has 86 valence electrons. The molecule has 0 bridgehead atoms. The smallest absolute Gasteiger partial charge is 0.325 e. The molecule has 0 aromatic carbocycles. The molecule has 0 aliphatic rings. The number of carbonyl (C=O) groups excluding carboxylic acids is 1. The molecule has 2 unspecified atom stereocenters. The maximum atomic E-state index is 11.5. The zero-order valence-electron chi connectivity index (χ0n) is 8.85. The van der Waals surface area contributed by atoms with Crippen molar-refractivity contribution in [2.24, 2.45) is 0 Å². The lowest BCUT2D eigenvalue weighted by Gasteiger charge is -2.14. The molecule has 1 N–H and O–H groups in total. The van der Waals surface area contributed by atoms with Gasteiger partial charge in [-0.1, -0.05) is 6.92 Å². The third kappa shape index (κ3) is 3.85. The van der Waals surface area contributed by atoms with E-state index in [1.807, 2.05) is 0 Å². The first-order valence-electron chi connectivity index (χ1n) is 4.37. The van der Waals surface area contributed by atoms with E-state index in [9.17, 15) is 13.2 Å². The Kier molecular flexibility index (Phi) is 5.25. The number of hydrogen-bond acceptors (Lipinski definition) is 5. The molecule has 7 heteroatoms. The highest BCUT2D eigenvalue weighted by Gasteiger charge is 2.30. The lowest BCUT2D eigenvalue weighted by Crippen LogP contribution is -2.42. The van der Waals surface area contributed by atoms with Gasteiger partial charge in [0.1, 0.15) is 6.04 Å². The van der Waals surface area contributed by atoms with Crippen LogP contribution < -0.4 is 4.72 Å². The lowest BCUT2D eigenvalue weighted by molar-refractivity contribution is -0.139. The summed E-state index contributed by atoms with van der Waals surface area (Å²) in [7, 11) is -2.73. The van der Waals surface area contributed by atoms with E-state index in [2.05, 4.69) is 9.46 Å². The molecule has 0 saturated carbocycles. The zero-order chi connectivity index (χ0) is 12.1. The Morgan fingerprint density at radius 3 is 2.47 bits per heavy atom. The quantitative estimate of drug-likeness (QED) is 0.663. The molecule has 0 fully saturated rings. The number of rotatable bonds is 5. The predicted octanol–water partition coefficient (Wildman–Crippen LogP) is -0.231. The minimum Gasteiger partial charge on any atom is -0.468 e. The number of nitrogens with zero attached hydrogens (tertiary/aromatic N) is 1. The Labute approximate surface area is 89.3 Å². The summed E-state index contributed by atoms with van der Waals surface area (Å²) < 4.78 is 29.4. The van der Waals surface area contributed by atoms with Crippen LogP contribution in [0.15, 0.2) is 0 Å². The Hall–Kier alpha value is -1.13. The van der Waals surface area contributed by atoms with Gasteiger partial charge in [-0.05, 0) is 13.3 Å². The van der Waals surface area contributed by atoms with Crippen LogP contribution in [-0.2, 0) is 19.6 Å². The van der Waals surface area contributed by atoms with Crippen molar-refractivity contribution in [3.63, 3.8) is 0 Å². The van der Waals surface area contributed by atoms with Gasteiger partial charge in [0.15, 0.2) is 5.25 Å². The molecule has 15 heavy (non-hydrogen) atoms. The Bertz CT molecular complexity index is 357.